The van der Waals surface area contributed by atoms with Crippen molar-refractivity contribution >= 4 is 48.1 Å². The zero-order chi connectivity index (χ0) is 10.4. The third kappa shape index (κ3) is 1.19. The van der Waals surface area contributed by atoms with Gasteiger partial charge in [0.05, 0.1) is 15.4 Å². The molecule has 0 radical (unpaired) electrons. The lowest BCUT2D eigenvalue weighted by Gasteiger charge is -1.94. The molecule has 0 aliphatic rings. The molecule has 74 valence electrons. The maximum atomic E-state index is 10.9. The Morgan fingerprint density at radius 2 is 2.00 bits per heavy atom. The van der Waals surface area contributed by atoms with Crippen molar-refractivity contribution < 1.29 is 9.90 Å². The van der Waals surface area contributed by atoms with E-state index in [1.807, 2.05) is 24.3 Å². The van der Waals surface area contributed by atoms with Crippen molar-refractivity contribution in [2.24, 2.45) is 0 Å². The largest absolute Gasteiger partial charge is 0.545 e. The highest BCUT2D eigenvalue weighted by atomic mass is 32.1. The van der Waals surface area contributed by atoms with Gasteiger partial charge in [0.2, 0.25) is 0 Å². The lowest BCUT2D eigenvalue weighted by atomic mass is 10.2. The van der Waals surface area contributed by atoms with Gasteiger partial charge in [-0.2, -0.15) is 0 Å². The number of benzene rings is 1. The highest BCUT2D eigenvalue weighted by Gasteiger charge is 2.10. The van der Waals surface area contributed by atoms with Crippen LogP contribution in [0.1, 0.15) is 10.4 Å². The summed E-state index contributed by atoms with van der Waals surface area (Å²) in [5, 5.41) is 13.6. The Kier molecular flexibility index (Phi) is 1.81. The summed E-state index contributed by atoms with van der Waals surface area (Å²) in [5.74, 6) is -1.09. The first-order valence-corrected chi connectivity index (χ1v) is 6.07. The minimum atomic E-state index is -1.09. The van der Waals surface area contributed by atoms with E-state index in [2.05, 4.69) is 0 Å². The Morgan fingerprint density at radius 1 is 1.20 bits per heavy atom. The average molecular weight is 233 g/mol. The average Bonchev–Trinajstić information content (AvgIpc) is 2.74. The normalized spacial score (nSPS) is 11.2. The van der Waals surface area contributed by atoms with Crippen molar-refractivity contribution in [3.05, 3.63) is 35.2 Å². The van der Waals surface area contributed by atoms with Crippen LogP contribution < -0.4 is 5.11 Å². The molecule has 0 saturated carbocycles. The van der Waals surface area contributed by atoms with E-state index in [-0.39, 0.29) is 0 Å². The summed E-state index contributed by atoms with van der Waals surface area (Å²) in [4.78, 5) is 10.9. The first-order valence-electron chi connectivity index (χ1n) is 4.37. The van der Waals surface area contributed by atoms with E-state index >= 15 is 0 Å². The van der Waals surface area contributed by atoms with E-state index in [0.29, 0.717) is 5.56 Å². The van der Waals surface area contributed by atoms with Gasteiger partial charge in [0, 0.05) is 21.0 Å². The van der Waals surface area contributed by atoms with E-state index < -0.39 is 5.97 Å². The molecule has 0 N–H and O–H groups in total. The van der Waals surface area contributed by atoms with Gasteiger partial charge in [-0.3, -0.25) is 0 Å². The summed E-state index contributed by atoms with van der Waals surface area (Å²) >= 11 is 2.98. The van der Waals surface area contributed by atoms with Crippen LogP contribution in [0.2, 0.25) is 0 Å². The molecule has 0 saturated heterocycles. The van der Waals surface area contributed by atoms with Gasteiger partial charge in [0.25, 0.3) is 0 Å². The fourth-order valence-corrected chi connectivity index (χ4v) is 4.11. The molecule has 0 aliphatic heterocycles. The van der Waals surface area contributed by atoms with E-state index in [1.165, 1.54) is 22.7 Å². The summed E-state index contributed by atoms with van der Waals surface area (Å²) in [7, 11) is 0. The van der Waals surface area contributed by atoms with Gasteiger partial charge in [-0.25, -0.2) is 0 Å². The Bertz CT molecular complexity index is 663. The third-order valence-electron chi connectivity index (χ3n) is 2.31. The first kappa shape index (κ1) is 8.88. The van der Waals surface area contributed by atoms with Crippen LogP contribution in [-0.4, -0.2) is 5.97 Å². The number of hydrogen-bond acceptors (Lipinski definition) is 4. The Hall–Kier alpha value is -1.39. The Labute approximate surface area is 93.4 Å². The molecule has 0 amide bonds. The topological polar surface area (TPSA) is 40.1 Å². The first-order chi connectivity index (χ1) is 7.27. The number of carboxylic acids is 1. The number of thiophene rings is 2. The number of carbonyl (C=O) groups excluding carboxylic acids is 1. The molecule has 4 heteroatoms. The van der Waals surface area contributed by atoms with Gasteiger partial charge in [-0.15, -0.1) is 22.7 Å². The minimum Gasteiger partial charge on any atom is -0.545 e. The SMILES string of the molecule is O=C([O-])c1csc2c1sc1ccccc12. The fraction of sp³-hybridized carbons (Fsp3) is 0. The summed E-state index contributed by atoms with van der Waals surface area (Å²) in [5.41, 5.74) is 0.316. The molecule has 0 bridgehead atoms. The predicted molar refractivity (Wildman–Crippen MR) is 61.5 cm³/mol. The molecule has 2 heterocycles. The second kappa shape index (κ2) is 3.05. The number of hydrogen-bond donors (Lipinski definition) is 0. The van der Waals surface area contributed by atoms with Crippen molar-refractivity contribution in [3.63, 3.8) is 0 Å². The Balaban J connectivity index is 2.50. The van der Waals surface area contributed by atoms with Crippen LogP contribution in [-0.2, 0) is 0 Å². The molecule has 0 unspecified atom stereocenters. The number of carbonyl (C=O) groups is 1. The van der Waals surface area contributed by atoms with E-state index in [4.69, 9.17) is 0 Å². The zero-order valence-corrected chi connectivity index (χ0v) is 9.15. The van der Waals surface area contributed by atoms with E-state index in [0.717, 1.165) is 19.5 Å². The van der Waals surface area contributed by atoms with E-state index in [9.17, 15) is 9.90 Å². The third-order valence-corrected chi connectivity index (χ3v) is 4.66. The maximum absolute atomic E-state index is 10.9. The number of carboxylic acid groups (broad SMARTS) is 1. The lowest BCUT2D eigenvalue weighted by molar-refractivity contribution is -0.254. The maximum Gasteiger partial charge on any atom is 0.0738 e. The fourth-order valence-electron chi connectivity index (χ4n) is 1.63. The summed E-state index contributed by atoms with van der Waals surface area (Å²) in [6, 6.07) is 7.95. The highest BCUT2D eigenvalue weighted by Crippen LogP contribution is 2.39. The van der Waals surface area contributed by atoms with Gasteiger partial charge < -0.3 is 9.90 Å². The molecule has 0 spiro atoms. The second-order valence-electron chi connectivity index (χ2n) is 3.19. The van der Waals surface area contributed by atoms with Crippen LogP contribution in [0.4, 0.5) is 0 Å². The summed E-state index contributed by atoms with van der Waals surface area (Å²) in [6.45, 7) is 0. The molecule has 2 nitrogen and oxygen atoms in total. The molecule has 0 aliphatic carbocycles. The molecule has 3 rings (SSSR count). The van der Waals surface area contributed by atoms with Crippen LogP contribution in [0, 0.1) is 0 Å². The van der Waals surface area contributed by atoms with Gasteiger partial charge in [0.1, 0.15) is 0 Å². The van der Waals surface area contributed by atoms with Gasteiger partial charge in [-0.1, -0.05) is 18.2 Å². The highest BCUT2D eigenvalue weighted by molar-refractivity contribution is 7.32. The molecule has 15 heavy (non-hydrogen) atoms. The standard InChI is InChI=1S/C11H6O2S2/c12-11(13)7-5-14-9-6-3-1-2-4-8(6)15-10(7)9/h1-5H,(H,12,13)/p-1. The van der Waals surface area contributed by atoms with Crippen LogP contribution in [0.15, 0.2) is 29.6 Å². The summed E-state index contributed by atoms with van der Waals surface area (Å²) < 4.78 is 3.01. The van der Waals surface area contributed by atoms with Crippen molar-refractivity contribution in [2.45, 2.75) is 0 Å². The minimum absolute atomic E-state index is 0.316. The van der Waals surface area contributed by atoms with Crippen LogP contribution >= 0.6 is 22.7 Å². The molecular weight excluding hydrogens is 228 g/mol. The Morgan fingerprint density at radius 3 is 2.80 bits per heavy atom. The molecule has 3 aromatic rings. The zero-order valence-electron chi connectivity index (χ0n) is 7.52. The van der Waals surface area contributed by atoms with Crippen molar-refractivity contribution in [1.29, 1.82) is 0 Å². The van der Waals surface area contributed by atoms with Gasteiger partial charge in [0.15, 0.2) is 0 Å². The number of aromatic carboxylic acids is 1. The van der Waals surface area contributed by atoms with Crippen LogP contribution in [0.5, 0.6) is 0 Å². The van der Waals surface area contributed by atoms with Crippen molar-refractivity contribution in [3.8, 4) is 0 Å². The molecule has 2 aromatic heterocycles. The van der Waals surface area contributed by atoms with Crippen LogP contribution in [0.3, 0.4) is 0 Å². The number of rotatable bonds is 1. The molecular formula is C11H5O2S2-. The van der Waals surface area contributed by atoms with Gasteiger partial charge in [-0.05, 0) is 6.07 Å². The number of fused-ring (bicyclic) bond motifs is 3. The smallest absolute Gasteiger partial charge is 0.0738 e. The molecule has 1 aromatic carbocycles. The monoisotopic (exact) mass is 233 g/mol. The quantitative estimate of drug-likeness (QED) is 0.647. The molecule has 0 atom stereocenters. The predicted octanol–water partition coefficient (Wildman–Crippen LogP) is 2.48. The van der Waals surface area contributed by atoms with Crippen LogP contribution in [0.25, 0.3) is 19.5 Å². The van der Waals surface area contributed by atoms with E-state index in [1.54, 1.807) is 5.38 Å². The van der Waals surface area contributed by atoms with Gasteiger partial charge >= 0.3 is 0 Å². The van der Waals surface area contributed by atoms with Crippen molar-refractivity contribution in [1.82, 2.24) is 0 Å². The summed E-state index contributed by atoms with van der Waals surface area (Å²) in [6.07, 6.45) is 0. The van der Waals surface area contributed by atoms with Crippen molar-refractivity contribution in [2.75, 3.05) is 0 Å². The lowest BCUT2D eigenvalue weighted by Crippen LogP contribution is -2.21. The second-order valence-corrected chi connectivity index (χ2v) is 5.13. The molecule has 0 fully saturated rings.